The standard InChI is InChI=1S/C22H19ClN4O3S2/c1-12-10-17(26-30-12)24-18(28)11-31-22-25-20-19(15-4-2-3-5-16(15)32-20)21(29)27(22)14-8-6-13(23)7-9-14/h6-10H,2-5,11H2,1H3,(H,24,26,28). The fourth-order valence-corrected chi connectivity index (χ4v) is 6.08. The maximum Gasteiger partial charge on any atom is 0.267 e. The van der Waals surface area contributed by atoms with Gasteiger partial charge in [0, 0.05) is 16.0 Å². The summed E-state index contributed by atoms with van der Waals surface area (Å²) >= 11 is 8.86. The number of halogens is 1. The predicted octanol–water partition coefficient (Wildman–Crippen LogP) is 5.01. The van der Waals surface area contributed by atoms with Crippen LogP contribution in [0, 0.1) is 6.92 Å². The molecule has 0 saturated heterocycles. The van der Waals surface area contributed by atoms with Crippen LogP contribution in [0.1, 0.15) is 29.0 Å². The molecule has 10 heteroatoms. The van der Waals surface area contributed by atoms with Crippen molar-refractivity contribution in [2.45, 2.75) is 37.8 Å². The average molecular weight is 487 g/mol. The number of nitrogens with one attached hydrogen (secondary N) is 1. The van der Waals surface area contributed by atoms with Crippen LogP contribution in [0.4, 0.5) is 5.82 Å². The van der Waals surface area contributed by atoms with Crippen LogP contribution in [0.2, 0.25) is 5.02 Å². The Morgan fingerprint density at radius 2 is 2.06 bits per heavy atom. The van der Waals surface area contributed by atoms with Crippen LogP contribution < -0.4 is 10.9 Å². The van der Waals surface area contributed by atoms with Crippen LogP contribution in [0.15, 0.2) is 44.8 Å². The zero-order valence-electron chi connectivity index (χ0n) is 17.2. The molecule has 1 amide bonds. The zero-order chi connectivity index (χ0) is 22.2. The summed E-state index contributed by atoms with van der Waals surface area (Å²) < 4.78 is 6.56. The van der Waals surface area contributed by atoms with Gasteiger partial charge in [0.15, 0.2) is 11.0 Å². The Hall–Kier alpha value is -2.62. The molecule has 0 radical (unpaired) electrons. The molecule has 0 aliphatic heterocycles. The molecule has 1 N–H and O–H groups in total. The van der Waals surface area contributed by atoms with Crippen molar-refractivity contribution in [1.29, 1.82) is 0 Å². The largest absolute Gasteiger partial charge is 0.360 e. The van der Waals surface area contributed by atoms with E-state index in [0.29, 0.717) is 32.8 Å². The molecule has 3 aromatic heterocycles. The van der Waals surface area contributed by atoms with E-state index in [1.54, 1.807) is 53.2 Å². The lowest BCUT2D eigenvalue weighted by atomic mass is 9.97. The fourth-order valence-electron chi connectivity index (χ4n) is 3.84. The maximum atomic E-state index is 13.7. The van der Waals surface area contributed by atoms with Gasteiger partial charge in [-0.3, -0.25) is 14.2 Å². The number of fused-ring (bicyclic) bond motifs is 3. The monoisotopic (exact) mass is 486 g/mol. The summed E-state index contributed by atoms with van der Waals surface area (Å²) in [6.45, 7) is 1.75. The molecule has 5 rings (SSSR count). The van der Waals surface area contributed by atoms with Gasteiger partial charge in [0.1, 0.15) is 10.6 Å². The molecule has 3 heterocycles. The molecule has 1 aliphatic rings. The van der Waals surface area contributed by atoms with Crippen molar-refractivity contribution in [2.75, 3.05) is 11.1 Å². The third kappa shape index (κ3) is 4.07. The molecule has 0 spiro atoms. The van der Waals surface area contributed by atoms with Crippen LogP contribution in [0.5, 0.6) is 0 Å². The fraction of sp³-hybridized carbons (Fsp3) is 0.273. The Balaban J connectivity index is 1.54. The molecule has 0 saturated carbocycles. The number of thiophene rings is 1. The van der Waals surface area contributed by atoms with Gasteiger partial charge < -0.3 is 9.84 Å². The molecule has 32 heavy (non-hydrogen) atoms. The third-order valence-electron chi connectivity index (χ3n) is 5.27. The summed E-state index contributed by atoms with van der Waals surface area (Å²) in [6, 6.07) is 8.71. The molecular weight excluding hydrogens is 468 g/mol. The van der Waals surface area contributed by atoms with Crippen molar-refractivity contribution in [3.05, 3.63) is 61.9 Å². The number of nitrogens with zero attached hydrogens (tertiary/aromatic N) is 3. The normalized spacial score (nSPS) is 13.3. The van der Waals surface area contributed by atoms with E-state index < -0.39 is 0 Å². The highest BCUT2D eigenvalue weighted by molar-refractivity contribution is 7.99. The van der Waals surface area contributed by atoms with Gasteiger partial charge in [0.25, 0.3) is 5.56 Å². The number of hydrogen-bond donors (Lipinski definition) is 1. The van der Waals surface area contributed by atoms with Gasteiger partial charge in [-0.25, -0.2) is 4.98 Å². The van der Waals surface area contributed by atoms with E-state index in [1.807, 2.05) is 0 Å². The van der Waals surface area contributed by atoms with Crippen molar-refractivity contribution in [2.24, 2.45) is 0 Å². The van der Waals surface area contributed by atoms with Gasteiger partial charge in [-0.05, 0) is 62.4 Å². The molecule has 0 atom stereocenters. The number of amides is 1. The second kappa shape index (κ2) is 8.73. The predicted molar refractivity (Wildman–Crippen MR) is 127 cm³/mol. The molecular formula is C22H19ClN4O3S2. The van der Waals surface area contributed by atoms with Crippen LogP contribution in [0.3, 0.4) is 0 Å². The first-order chi connectivity index (χ1) is 15.5. The van der Waals surface area contributed by atoms with Gasteiger partial charge in [-0.1, -0.05) is 28.5 Å². The van der Waals surface area contributed by atoms with Gasteiger partial charge in [-0.2, -0.15) is 0 Å². The van der Waals surface area contributed by atoms with E-state index >= 15 is 0 Å². The highest BCUT2D eigenvalue weighted by Gasteiger charge is 2.23. The minimum absolute atomic E-state index is 0.0720. The first kappa shape index (κ1) is 21.2. The van der Waals surface area contributed by atoms with Crippen LogP contribution >= 0.6 is 34.7 Å². The summed E-state index contributed by atoms with van der Waals surface area (Å²) in [4.78, 5) is 32.9. The van der Waals surface area contributed by atoms with Crippen LogP contribution in [-0.2, 0) is 17.6 Å². The third-order valence-corrected chi connectivity index (χ3v) is 7.65. The number of aryl methyl sites for hydroxylation is 3. The van der Waals surface area contributed by atoms with Gasteiger partial charge >= 0.3 is 0 Å². The van der Waals surface area contributed by atoms with Crippen molar-refractivity contribution < 1.29 is 9.32 Å². The SMILES string of the molecule is Cc1cc(NC(=O)CSc2nc3sc4c(c3c(=O)n2-c2ccc(Cl)cc2)CCCC4)no1. The molecule has 1 aromatic carbocycles. The van der Waals surface area contributed by atoms with E-state index in [-0.39, 0.29) is 17.2 Å². The average Bonchev–Trinajstić information content (AvgIpc) is 3.36. The first-order valence-corrected chi connectivity index (χ1v) is 12.4. The quantitative estimate of drug-likeness (QED) is 0.315. The number of rotatable bonds is 5. The van der Waals surface area contributed by atoms with Crippen molar-refractivity contribution in [1.82, 2.24) is 14.7 Å². The molecule has 7 nitrogen and oxygen atoms in total. The Bertz CT molecular complexity index is 1370. The Kier molecular flexibility index (Phi) is 5.79. The van der Waals surface area contributed by atoms with Gasteiger partial charge in [0.05, 0.1) is 16.8 Å². The second-order valence-corrected chi connectivity index (χ2v) is 10.0. The minimum atomic E-state index is -0.259. The van der Waals surface area contributed by atoms with E-state index in [2.05, 4.69) is 10.5 Å². The molecule has 0 bridgehead atoms. The number of hydrogen-bond acceptors (Lipinski definition) is 7. The lowest BCUT2D eigenvalue weighted by Crippen LogP contribution is -2.23. The number of benzene rings is 1. The summed E-state index contributed by atoms with van der Waals surface area (Å²) in [7, 11) is 0. The highest BCUT2D eigenvalue weighted by atomic mass is 35.5. The summed E-state index contributed by atoms with van der Waals surface area (Å²) in [5, 5.41) is 8.23. The smallest absolute Gasteiger partial charge is 0.267 e. The number of carbonyl (C=O) groups is 1. The molecule has 0 unspecified atom stereocenters. The Labute approximate surface area is 196 Å². The molecule has 0 fully saturated rings. The Morgan fingerprint density at radius 3 is 2.81 bits per heavy atom. The summed E-state index contributed by atoms with van der Waals surface area (Å²) in [5.41, 5.74) is 1.69. The van der Waals surface area contributed by atoms with Gasteiger partial charge in [0.2, 0.25) is 5.91 Å². The highest BCUT2D eigenvalue weighted by Crippen LogP contribution is 2.35. The lowest BCUT2D eigenvalue weighted by Gasteiger charge is -2.13. The van der Waals surface area contributed by atoms with E-state index in [4.69, 9.17) is 21.1 Å². The summed E-state index contributed by atoms with van der Waals surface area (Å²) in [6.07, 6.45) is 4.10. The van der Waals surface area contributed by atoms with E-state index in [1.165, 1.54) is 16.6 Å². The zero-order valence-corrected chi connectivity index (χ0v) is 19.6. The number of anilines is 1. The van der Waals surface area contributed by atoms with Crippen molar-refractivity contribution >= 4 is 56.6 Å². The summed E-state index contributed by atoms with van der Waals surface area (Å²) in [5.74, 6) is 0.782. The Morgan fingerprint density at radius 1 is 1.28 bits per heavy atom. The number of carbonyl (C=O) groups excluding carboxylic acids is 1. The van der Waals surface area contributed by atoms with E-state index in [0.717, 1.165) is 36.1 Å². The molecule has 1 aliphatic carbocycles. The first-order valence-electron chi connectivity index (χ1n) is 10.2. The van der Waals surface area contributed by atoms with Gasteiger partial charge in [-0.15, -0.1) is 11.3 Å². The van der Waals surface area contributed by atoms with E-state index in [9.17, 15) is 9.59 Å². The minimum Gasteiger partial charge on any atom is -0.360 e. The number of aromatic nitrogens is 3. The number of thioether (sulfide) groups is 1. The second-order valence-electron chi connectivity index (χ2n) is 7.56. The van der Waals surface area contributed by atoms with Crippen LogP contribution in [0.25, 0.3) is 15.9 Å². The van der Waals surface area contributed by atoms with Crippen molar-refractivity contribution in [3.63, 3.8) is 0 Å². The maximum absolute atomic E-state index is 13.7. The lowest BCUT2D eigenvalue weighted by molar-refractivity contribution is -0.113. The molecule has 164 valence electrons. The molecule has 4 aromatic rings. The van der Waals surface area contributed by atoms with Crippen LogP contribution in [-0.4, -0.2) is 26.4 Å². The van der Waals surface area contributed by atoms with Crippen molar-refractivity contribution in [3.8, 4) is 5.69 Å². The topological polar surface area (TPSA) is 90.0 Å².